The zero-order valence-corrected chi connectivity index (χ0v) is 10.7. The van der Waals surface area contributed by atoms with E-state index in [0.717, 1.165) is 51.6 Å². The summed E-state index contributed by atoms with van der Waals surface area (Å²) >= 11 is 0. The van der Waals surface area contributed by atoms with Crippen LogP contribution < -0.4 is 5.73 Å². The lowest BCUT2D eigenvalue weighted by atomic mass is 9.75. The van der Waals surface area contributed by atoms with Gasteiger partial charge in [0.2, 0.25) is 0 Å². The normalized spacial score (nSPS) is 40.1. The molecule has 0 radical (unpaired) electrons. The lowest BCUT2D eigenvalue weighted by Crippen LogP contribution is -2.60. The van der Waals surface area contributed by atoms with Crippen LogP contribution in [0.3, 0.4) is 0 Å². The molecule has 2 rings (SSSR count). The van der Waals surface area contributed by atoms with Crippen molar-refractivity contribution in [3.05, 3.63) is 0 Å². The van der Waals surface area contributed by atoms with Crippen LogP contribution in [0.2, 0.25) is 0 Å². The minimum absolute atomic E-state index is 0.152. The molecule has 0 aromatic carbocycles. The first-order chi connectivity index (χ1) is 8.04. The fourth-order valence-corrected chi connectivity index (χ4v) is 3.30. The van der Waals surface area contributed by atoms with Crippen LogP contribution in [0.25, 0.3) is 0 Å². The van der Waals surface area contributed by atoms with Gasteiger partial charge in [0, 0.05) is 12.6 Å². The summed E-state index contributed by atoms with van der Waals surface area (Å²) in [5.74, 6) is 0.0273. The van der Waals surface area contributed by atoms with E-state index in [-0.39, 0.29) is 6.04 Å². The van der Waals surface area contributed by atoms with E-state index >= 15 is 0 Å². The molecular weight excluding hydrogens is 216 g/mol. The molecule has 3 N–H and O–H groups in total. The lowest BCUT2D eigenvalue weighted by molar-refractivity contribution is -0.156. The number of carboxylic acids is 1. The third-order valence-corrected chi connectivity index (χ3v) is 4.56. The van der Waals surface area contributed by atoms with Gasteiger partial charge in [-0.15, -0.1) is 0 Å². The zero-order valence-electron chi connectivity index (χ0n) is 10.7. The molecule has 0 bridgehead atoms. The van der Waals surface area contributed by atoms with Crippen molar-refractivity contribution in [2.75, 3.05) is 13.1 Å². The standard InChI is InChI=1S/C13H24N2O2/c1-10-4-6-13(7-5-10,12(16)17)15-8-2-3-11(14)9-15/h10-11H,2-9,14H2,1H3,(H,16,17). The van der Waals surface area contributed by atoms with Gasteiger partial charge >= 0.3 is 5.97 Å². The number of hydrogen-bond acceptors (Lipinski definition) is 3. The molecule has 2 aliphatic rings. The van der Waals surface area contributed by atoms with Gasteiger partial charge in [-0.1, -0.05) is 6.92 Å². The first kappa shape index (κ1) is 12.8. The molecule has 4 heteroatoms. The highest BCUT2D eigenvalue weighted by Crippen LogP contribution is 2.37. The Labute approximate surface area is 103 Å². The van der Waals surface area contributed by atoms with Crippen LogP contribution in [-0.4, -0.2) is 40.6 Å². The molecule has 0 amide bonds. The van der Waals surface area contributed by atoms with Gasteiger partial charge in [-0.05, 0) is 51.0 Å². The third kappa shape index (κ3) is 2.47. The number of rotatable bonds is 2. The predicted molar refractivity (Wildman–Crippen MR) is 66.8 cm³/mol. The summed E-state index contributed by atoms with van der Waals surface area (Å²) < 4.78 is 0. The summed E-state index contributed by atoms with van der Waals surface area (Å²) in [6.45, 7) is 3.86. The SMILES string of the molecule is CC1CCC(C(=O)O)(N2CCCC(N)C2)CC1. The quantitative estimate of drug-likeness (QED) is 0.766. The van der Waals surface area contributed by atoms with Crippen molar-refractivity contribution in [1.82, 2.24) is 4.90 Å². The topological polar surface area (TPSA) is 66.6 Å². The maximum absolute atomic E-state index is 11.7. The van der Waals surface area contributed by atoms with E-state index in [2.05, 4.69) is 11.8 Å². The Balaban J connectivity index is 2.13. The second-order valence-electron chi connectivity index (χ2n) is 5.87. The van der Waals surface area contributed by atoms with Crippen molar-refractivity contribution in [3.63, 3.8) is 0 Å². The Bertz CT molecular complexity index is 285. The van der Waals surface area contributed by atoms with Gasteiger partial charge < -0.3 is 10.8 Å². The van der Waals surface area contributed by atoms with Crippen LogP contribution in [0.1, 0.15) is 45.4 Å². The number of carbonyl (C=O) groups is 1. The van der Waals surface area contributed by atoms with E-state index in [9.17, 15) is 9.90 Å². The van der Waals surface area contributed by atoms with Gasteiger partial charge in [-0.2, -0.15) is 0 Å². The Hall–Kier alpha value is -0.610. The third-order valence-electron chi connectivity index (χ3n) is 4.56. The van der Waals surface area contributed by atoms with Crippen LogP contribution in [-0.2, 0) is 4.79 Å². The maximum Gasteiger partial charge on any atom is 0.324 e. The predicted octanol–water partition coefficient (Wildman–Crippen LogP) is 1.44. The van der Waals surface area contributed by atoms with Crippen LogP contribution in [0.4, 0.5) is 0 Å². The Morgan fingerprint density at radius 3 is 2.53 bits per heavy atom. The second kappa shape index (κ2) is 4.94. The average Bonchev–Trinajstić information content (AvgIpc) is 2.30. The summed E-state index contributed by atoms with van der Waals surface area (Å²) in [5, 5.41) is 9.63. The molecule has 1 saturated heterocycles. The van der Waals surface area contributed by atoms with Gasteiger partial charge in [0.25, 0.3) is 0 Å². The fraction of sp³-hybridized carbons (Fsp3) is 0.923. The average molecular weight is 240 g/mol. The molecular formula is C13H24N2O2. The van der Waals surface area contributed by atoms with Gasteiger partial charge in [-0.3, -0.25) is 9.69 Å². The number of nitrogens with zero attached hydrogens (tertiary/aromatic N) is 1. The molecule has 2 fully saturated rings. The smallest absolute Gasteiger partial charge is 0.324 e. The molecule has 1 aliphatic carbocycles. The summed E-state index contributed by atoms with van der Waals surface area (Å²) in [4.78, 5) is 13.9. The monoisotopic (exact) mass is 240 g/mol. The molecule has 0 aromatic rings. The minimum atomic E-state index is -0.640. The number of nitrogens with two attached hydrogens (primary N) is 1. The van der Waals surface area contributed by atoms with Crippen molar-refractivity contribution in [2.24, 2.45) is 11.7 Å². The Morgan fingerprint density at radius 2 is 2.00 bits per heavy atom. The molecule has 1 atom stereocenters. The van der Waals surface area contributed by atoms with Gasteiger partial charge in [-0.25, -0.2) is 0 Å². The van der Waals surface area contributed by atoms with Crippen molar-refractivity contribution in [3.8, 4) is 0 Å². The van der Waals surface area contributed by atoms with Gasteiger partial charge in [0.05, 0.1) is 0 Å². The van der Waals surface area contributed by atoms with Crippen molar-refractivity contribution in [1.29, 1.82) is 0 Å². The molecule has 1 saturated carbocycles. The minimum Gasteiger partial charge on any atom is -0.480 e. The summed E-state index contributed by atoms with van der Waals surface area (Å²) in [6, 6.07) is 0.152. The first-order valence-electron chi connectivity index (χ1n) is 6.78. The molecule has 1 unspecified atom stereocenters. The van der Waals surface area contributed by atoms with E-state index in [1.807, 2.05) is 0 Å². The van der Waals surface area contributed by atoms with Crippen LogP contribution >= 0.6 is 0 Å². The van der Waals surface area contributed by atoms with E-state index < -0.39 is 11.5 Å². The van der Waals surface area contributed by atoms with E-state index in [1.165, 1.54) is 0 Å². The lowest BCUT2D eigenvalue weighted by Gasteiger charge is -2.47. The van der Waals surface area contributed by atoms with Crippen LogP contribution in [0, 0.1) is 5.92 Å². The highest BCUT2D eigenvalue weighted by Gasteiger charge is 2.46. The fourth-order valence-electron chi connectivity index (χ4n) is 3.30. The maximum atomic E-state index is 11.7. The van der Waals surface area contributed by atoms with E-state index in [0.29, 0.717) is 5.92 Å². The molecule has 4 nitrogen and oxygen atoms in total. The highest BCUT2D eigenvalue weighted by atomic mass is 16.4. The number of hydrogen-bond donors (Lipinski definition) is 2. The molecule has 1 heterocycles. The summed E-state index contributed by atoms with van der Waals surface area (Å²) in [7, 11) is 0. The number of piperidine rings is 1. The molecule has 0 spiro atoms. The number of likely N-dealkylation sites (tertiary alicyclic amines) is 1. The Morgan fingerprint density at radius 1 is 1.35 bits per heavy atom. The Kier molecular flexibility index (Phi) is 3.73. The summed E-state index contributed by atoms with van der Waals surface area (Å²) in [6.07, 6.45) is 5.69. The second-order valence-corrected chi connectivity index (χ2v) is 5.87. The van der Waals surface area contributed by atoms with Crippen LogP contribution in [0.15, 0.2) is 0 Å². The highest BCUT2D eigenvalue weighted by molar-refractivity contribution is 5.79. The van der Waals surface area contributed by atoms with Crippen molar-refractivity contribution >= 4 is 5.97 Å². The number of aliphatic carboxylic acids is 1. The van der Waals surface area contributed by atoms with E-state index in [1.54, 1.807) is 0 Å². The first-order valence-corrected chi connectivity index (χ1v) is 6.78. The largest absolute Gasteiger partial charge is 0.480 e. The molecule has 98 valence electrons. The zero-order chi connectivity index (χ0) is 12.5. The van der Waals surface area contributed by atoms with Crippen molar-refractivity contribution in [2.45, 2.75) is 57.0 Å². The molecule has 17 heavy (non-hydrogen) atoms. The van der Waals surface area contributed by atoms with Crippen molar-refractivity contribution < 1.29 is 9.90 Å². The summed E-state index contributed by atoms with van der Waals surface area (Å²) in [5.41, 5.74) is 5.36. The van der Waals surface area contributed by atoms with E-state index in [4.69, 9.17) is 5.73 Å². The molecule has 0 aromatic heterocycles. The van der Waals surface area contributed by atoms with Gasteiger partial charge in [0.15, 0.2) is 0 Å². The molecule has 1 aliphatic heterocycles. The van der Waals surface area contributed by atoms with Gasteiger partial charge in [0.1, 0.15) is 5.54 Å². The van der Waals surface area contributed by atoms with Crippen LogP contribution in [0.5, 0.6) is 0 Å². The number of carboxylic acid groups (broad SMARTS) is 1.